The van der Waals surface area contributed by atoms with E-state index in [9.17, 15) is 9.90 Å². The smallest absolute Gasteiger partial charge is 0.250 e. The van der Waals surface area contributed by atoms with Gasteiger partial charge in [0.2, 0.25) is 5.95 Å². The lowest BCUT2D eigenvalue weighted by Gasteiger charge is -1.96. The van der Waals surface area contributed by atoms with Gasteiger partial charge in [0.25, 0.3) is 5.91 Å². The molecule has 0 saturated heterocycles. The number of anilines is 1. The summed E-state index contributed by atoms with van der Waals surface area (Å²) in [7, 11) is 0. The summed E-state index contributed by atoms with van der Waals surface area (Å²) in [5.41, 5.74) is 0.733. The average Bonchev–Trinajstić information content (AvgIpc) is 2.72. The summed E-state index contributed by atoms with van der Waals surface area (Å²) in [6, 6.07) is 6.60. The molecule has 3 N–H and O–H groups in total. The molecule has 2 aromatic rings. The number of nitrogens with one attached hydrogen (secondary N) is 2. The molecule has 0 atom stereocenters. The number of carbonyl (C=O) groups excluding carboxylic acids is 1. The van der Waals surface area contributed by atoms with Gasteiger partial charge in [0.1, 0.15) is 11.6 Å². The molecule has 0 radical (unpaired) electrons. The minimum Gasteiger partial charge on any atom is -0.508 e. The van der Waals surface area contributed by atoms with Crippen molar-refractivity contribution < 1.29 is 9.90 Å². The number of H-pyrrole nitrogens is 1. The van der Waals surface area contributed by atoms with E-state index >= 15 is 0 Å². The van der Waals surface area contributed by atoms with Gasteiger partial charge in [-0.2, -0.15) is 4.98 Å². The van der Waals surface area contributed by atoms with Gasteiger partial charge in [0.15, 0.2) is 0 Å². The highest BCUT2D eigenvalue weighted by molar-refractivity contribution is 6.00. The van der Waals surface area contributed by atoms with Crippen LogP contribution in [0.1, 0.15) is 11.4 Å². The van der Waals surface area contributed by atoms with E-state index in [1.807, 2.05) is 0 Å². The van der Waals surface area contributed by atoms with Crippen LogP contribution >= 0.6 is 0 Å². The molecule has 2 rings (SSSR count). The number of hydrogen-bond donors (Lipinski definition) is 3. The third-order valence-corrected chi connectivity index (χ3v) is 2.13. The van der Waals surface area contributed by atoms with E-state index in [1.165, 1.54) is 6.08 Å². The quantitative estimate of drug-likeness (QED) is 0.713. The number of hydrogen-bond acceptors (Lipinski definition) is 4. The molecule has 6 nitrogen and oxygen atoms in total. The molecular formula is C12H12N4O2. The minimum atomic E-state index is -0.336. The van der Waals surface area contributed by atoms with E-state index in [0.717, 1.165) is 5.56 Å². The van der Waals surface area contributed by atoms with Gasteiger partial charge < -0.3 is 5.11 Å². The third kappa shape index (κ3) is 3.18. The van der Waals surface area contributed by atoms with Crippen molar-refractivity contribution >= 4 is 17.9 Å². The van der Waals surface area contributed by atoms with Crippen LogP contribution in [0.3, 0.4) is 0 Å². The first-order chi connectivity index (χ1) is 8.63. The molecule has 1 heterocycles. The van der Waals surface area contributed by atoms with Crippen molar-refractivity contribution in [2.24, 2.45) is 0 Å². The second-order valence-corrected chi connectivity index (χ2v) is 3.66. The molecule has 1 amide bonds. The molecular weight excluding hydrogens is 232 g/mol. The number of aromatic nitrogens is 3. The molecule has 92 valence electrons. The Morgan fingerprint density at radius 3 is 3.00 bits per heavy atom. The van der Waals surface area contributed by atoms with E-state index in [1.54, 1.807) is 37.3 Å². The van der Waals surface area contributed by atoms with Crippen LogP contribution in [0.2, 0.25) is 0 Å². The number of phenolic OH excluding ortho intramolecular Hbond substituents is 1. The van der Waals surface area contributed by atoms with E-state index < -0.39 is 0 Å². The average molecular weight is 244 g/mol. The second-order valence-electron chi connectivity index (χ2n) is 3.66. The molecule has 0 unspecified atom stereocenters. The Bertz CT molecular complexity index is 589. The Hall–Kier alpha value is -2.63. The standard InChI is InChI=1S/C12H12N4O2/c1-8-13-12(16-15-8)14-11(18)6-5-9-3-2-4-10(17)7-9/h2-7,17H,1H3,(H2,13,14,15,16,18)/b6-5+. The van der Waals surface area contributed by atoms with E-state index in [0.29, 0.717) is 5.82 Å². The third-order valence-electron chi connectivity index (χ3n) is 2.13. The number of aromatic amines is 1. The highest BCUT2D eigenvalue weighted by Gasteiger charge is 2.02. The molecule has 0 bridgehead atoms. The molecule has 0 spiro atoms. The number of carbonyl (C=O) groups is 1. The molecule has 0 aliphatic heterocycles. The van der Waals surface area contributed by atoms with Gasteiger partial charge in [-0.25, -0.2) is 0 Å². The summed E-state index contributed by atoms with van der Waals surface area (Å²) in [6.07, 6.45) is 2.94. The number of phenols is 1. The molecule has 0 aliphatic rings. The van der Waals surface area contributed by atoms with Crippen LogP contribution in [0.15, 0.2) is 30.3 Å². The Labute approximate surface area is 103 Å². The van der Waals surface area contributed by atoms with Gasteiger partial charge in [0.05, 0.1) is 0 Å². The van der Waals surface area contributed by atoms with E-state index in [4.69, 9.17) is 0 Å². The second kappa shape index (κ2) is 5.13. The van der Waals surface area contributed by atoms with Crippen LogP contribution in [0.25, 0.3) is 6.08 Å². The Kier molecular flexibility index (Phi) is 3.38. The van der Waals surface area contributed by atoms with Crippen molar-refractivity contribution in [1.82, 2.24) is 15.2 Å². The predicted molar refractivity (Wildman–Crippen MR) is 66.9 cm³/mol. The van der Waals surface area contributed by atoms with Crippen molar-refractivity contribution in [1.29, 1.82) is 0 Å². The van der Waals surface area contributed by atoms with Crippen molar-refractivity contribution in [3.63, 3.8) is 0 Å². The molecule has 18 heavy (non-hydrogen) atoms. The van der Waals surface area contributed by atoms with Crippen LogP contribution in [-0.4, -0.2) is 26.2 Å². The Balaban J connectivity index is 1.99. The van der Waals surface area contributed by atoms with Gasteiger partial charge in [-0.15, -0.1) is 5.10 Å². The lowest BCUT2D eigenvalue weighted by atomic mass is 10.2. The zero-order chi connectivity index (χ0) is 13.0. The van der Waals surface area contributed by atoms with Crippen LogP contribution < -0.4 is 5.32 Å². The number of rotatable bonds is 3. The summed E-state index contributed by atoms with van der Waals surface area (Å²) in [4.78, 5) is 15.5. The van der Waals surface area contributed by atoms with Gasteiger partial charge in [0, 0.05) is 6.08 Å². The highest BCUT2D eigenvalue weighted by atomic mass is 16.3. The molecule has 1 aromatic heterocycles. The molecule has 0 aliphatic carbocycles. The van der Waals surface area contributed by atoms with Gasteiger partial charge in [-0.1, -0.05) is 12.1 Å². The maximum atomic E-state index is 11.5. The first-order valence-electron chi connectivity index (χ1n) is 5.30. The summed E-state index contributed by atoms with van der Waals surface area (Å²) in [5, 5.41) is 18.2. The van der Waals surface area contributed by atoms with E-state index in [-0.39, 0.29) is 17.6 Å². The number of amides is 1. The normalized spacial score (nSPS) is 10.7. The predicted octanol–water partition coefficient (Wildman–Crippen LogP) is 1.47. The minimum absolute atomic E-state index is 0.155. The Morgan fingerprint density at radius 1 is 1.50 bits per heavy atom. The maximum Gasteiger partial charge on any atom is 0.250 e. The van der Waals surface area contributed by atoms with Crippen LogP contribution in [0.5, 0.6) is 5.75 Å². The largest absolute Gasteiger partial charge is 0.508 e. The monoisotopic (exact) mass is 244 g/mol. The number of aromatic hydroxyl groups is 1. The fraction of sp³-hybridized carbons (Fsp3) is 0.0833. The van der Waals surface area contributed by atoms with Crippen molar-refractivity contribution in [3.8, 4) is 5.75 Å². The first kappa shape index (κ1) is 11.8. The molecule has 0 saturated carbocycles. The van der Waals surface area contributed by atoms with Gasteiger partial charge >= 0.3 is 0 Å². The zero-order valence-electron chi connectivity index (χ0n) is 9.71. The summed E-state index contributed by atoms with van der Waals surface area (Å²) >= 11 is 0. The lowest BCUT2D eigenvalue weighted by molar-refractivity contribution is -0.111. The van der Waals surface area contributed by atoms with E-state index in [2.05, 4.69) is 20.5 Å². The molecule has 1 aromatic carbocycles. The lowest BCUT2D eigenvalue weighted by Crippen LogP contribution is -2.09. The van der Waals surface area contributed by atoms with Crippen LogP contribution in [0.4, 0.5) is 5.95 Å². The fourth-order valence-electron chi connectivity index (χ4n) is 1.35. The van der Waals surface area contributed by atoms with Crippen molar-refractivity contribution in [2.75, 3.05) is 5.32 Å². The van der Waals surface area contributed by atoms with Crippen molar-refractivity contribution in [3.05, 3.63) is 41.7 Å². The number of benzene rings is 1. The number of nitrogens with zero attached hydrogens (tertiary/aromatic N) is 2. The number of aryl methyl sites for hydroxylation is 1. The molecule has 6 heteroatoms. The van der Waals surface area contributed by atoms with Crippen LogP contribution in [-0.2, 0) is 4.79 Å². The van der Waals surface area contributed by atoms with Crippen LogP contribution in [0, 0.1) is 6.92 Å². The zero-order valence-corrected chi connectivity index (χ0v) is 9.71. The van der Waals surface area contributed by atoms with Crippen molar-refractivity contribution in [2.45, 2.75) is 6.92 Å². The highest BCUT2D eigenvalue weighted by Crippen LogP contribution is 2.12. The molecule has 0 fully saturated rings. The summed E-state index contributed by atoms with van der Waals surface area (Å²) < 4.78 is 0. The van der Waals surface area contributed by atoms with Gasteiger partial charge in [-0.3, -0.25) is 15.2 Å². The summed E-state index contributed by atoms with van der Waals surface area (Å²) in [6.45, 7) is 1.74. The van der Waals surface area contributed by atoms with Gasteiger partial charge in [-0.05, 0) is 30.7 Å². The Morgan fingerprint density at radius 2 is 2.33 bits per heavy atom. The summed E-state index contributed by atoms with van der Waals surface area (Å²) in [5.74, 6) is 0.680. The first-order valence-corrected chi connectivity index (χ1v) is 5.30. The fourth-order valence-corrected chi connectivity index (χ4v) is 1.35. The topological polar surface area (TPSA) is 90.9 Å². The maximum absolute atomic E-state index is 11.5. The SMILES string of the molecule is Cc1nc(NC(=O)/C=C/c2cccc(O)c2)n[nH]1.